The van der Waals surface area contributed by atoms with E-state index in [4.69, 9.17) is 4.74 Å². The number of hydrogen-bond donors (Lipinski definition) is 1. The lowest BCUT2D eigenvalue weighted by Crippen LogP contribution is -2.31. The monoisotopic (exact) mass is 334 g/mol. The van der Waals surface area contributed by atoms with Crippen LogP contribution in [0.5, 0.6) is 0 Å². The summed E-state index contributed by atoms with van der Waals surface area (Å²) >= 11 is 1.37. The topological polar surface area (TPSA) is 41.6 Å². The molecule has 0 aliphatic carbocycles. The minimum Gasteiger partial charge on any atom is -0.380 e. The van der Waals surface area contributed by atoms with Crippen LogP contribution < -0.4 is 5.32 Å². The van der Waals surface area contributed by atoms with Crippen molar-refractivity contribution in [2.24, 2.45) is 11.8 Å². The predicted octanol–water partition coefficient (Wildman–Crippen LogP) is 2.48. The van der Waals surface area contributed by atoms with E-state index in [1.54, 1.807) is 13.2 Å². The summed E-state index contributed by atoms with van der Waals surface area (Å²) in [4.78, 5) is 15.5. The smallest absolute Gasteiger partial charge is 0.264 e. The molecule has 0 saturated carbocycles. The van der Waals surface area contributed by atoms with Crippen molar-refractivity contribution in [2.45, 2.75) is 6.61 Å². The number of benzene rings is 1. The maximum Gasteiger partial charge on any atom is 0.264 e. The molecule has 0 unspecified atom stereocenters. The molecule has 0 radical (unpaired) electrons. The predicted molar refractivity (Wildman–Crippen MR) is 88.2 cm³/mol. The number of methoxy groups -OCH3 is 1. The Labute approximate surface area is 138 Å². The van der Waals surface area contributed by atoms with Gasteiger partial charge in [-0.15, -0.1) is 11.3 Å². The molecule has 1 aromatic heterocycles. The summed E-state index contributed by atoms with van der Waals surface area (Å²) in [5.41, 5.74) is 0.686. The Morgan fingerprint density at radius 1 is 1.39 bits per heavy atom. The Morgan fingerprint density at radius 3 is 2.83 bits per heavy atom. The molecule has 1 amide bonds. The highest BCUT2D eigenvalue weighted by atomic mass is 32.1. The Balaban J connectivity index is 1.71. The van der Waals surface area contributed by atoms with Crippen LogP contribution in [-0.4, -0.2) is 44.1 Å². The fraction of sp³-hybridized carbons (Fsp3) is 0.471. The zero-order chi connectivity index (χ0) is 16.0. The Morgan fingerprint density at radius 2 is 2.13 bits per heavy atom. The molecule has 6 heteroatoms. The molecule has 2 saturated heterocycles. The fourth-order valence-electron chi connectivity index (χ4n) is 3.79. The van der Waals surface area contributed by atoms with Gasteiger partial charge in [0, 0.05) is 48.9 Å². The Hall–Kier alpha value is -1.50. The number of likely N-dealkylation sites (tertiary alicyclic amines) is 1. The standard InChI is InChI=1S/C17H19FN2O2S/c1-22-9-12-15-13(18)3-2-4-14(15)23-16(12)17(21)20-7-10-5-19-6-11(10)8-20/h2-4,10-11,19H,5-9H2,1H3/t10-,11+. The number of thiophene rings is 1. The quantitative estimate of drug-likeness (QED) is 0.938. The van der Waals surface area contributed by atoms with Crippen molar-refractivity contribution in [3.8, 4) is 0 Å². The van der Waals surface area contributed by atoms with E-state index in [0.717, 1.165) is 30.9 Å². The lowest BCUT2D eigenvalue weighted by Gasteiger charge is -2.17. The lowest BCUT2D eigenvalue weighted by molar-refractivity contribution is 0.0782. The minimum atomic E-state index is -0.285. The number of amides is 1. The first-order valence-corrected chi connectivity index (χ1v) is 8.69. The highest BCUT2D eigenvalue weighted by Crippen LogP contribution is 2.36. The van der Waals surface area contributed by atoms with Crippen LogP contribution in [0.25, 0.3) is 10.1 Å². The summed E-state index contributed by atoms with van der Waals surface area (Å²) in [7, 11) is 1.57. The van der Waals surface area contributed by atoms with Crippen molar-refractivity contribution in [1.29, 1.82) is 0 Å². The lowest BCUT2D eigenvalue weighted by atomic mass is 10.0. The van der Waals surface area contributed by atoms with Crippen LogP contribution in [0.2, 0.25) is 0 Å². The van der Waals surface area contributed by atoms with Gasteiger partial charge < -0.3 is 15.0 Å². The van der Waals surface area contributed by atoms with Gasteiger partial charge in [0.1, 0.15) is 5.82 Å². The third kappa shape index (κ3) is 2.45. The van der Waals surface area contributed by atoms with Crippen molar-refractivity contribution in [1.82, 2.24) is 10.2 Å². The van der Waals surface area contributed by atoms with Crippen LogP contribution in [0.3, 0.4) is 0 Å². The van der Waals surface area contributed by atoms with Gasteiger partial charge in [-0.25, -0.2) is 4.39 Å². The van der Waals surface area contributed by atoms with Gasteiger partial charge in [0.25, 0.3) is 5.91 Å². The molecule has 0 spiro atoms. The zero-order valence-electron chi connectivity index (χ0n) is 13.0. The second-order valence-electron chi connectivity index (χ2n) is 6.34. The number of nitrogens with one attached hydrogen (secondary N) is 1. The average molecular weight is 334 g/mol. The molecule has 4 rings (SSSR count). The van der Waals surface area contributed by atoms with E-state index in [1.165, 1.54) is 17.4 Å². The van der Waals surface area contributed by atoms with Crippen molar-refractivity contribution >= 4 is 27.3 Å². The summed E-state index contributed by atoms with van der Waals surface area (Å²) in [5, 5.41) is 3.91. The minimum absolute atomic E-state index is 0.0204. The van der Waals surface area contributed by atoms with Crippen LogP contribution in [0.1, 0.15) is 15.2 Å². The molecule has 2 fully saturated rings. The van der Waals surface area contributed by atoms with E-state index in [1.807, 2.05) is 11.0 Å². The molecule has 1 N–H and O–H groups in total. The van der Waals surface area contributed by atoms with E-state index in [0.29, 0.717) is 27.7 Å². The third-order valence-electron chi connectivity index (χ3n) is 4.92. The van der Waals surface area contributed by atoms with Crippen LogP contribution in [-0.2, 0) is 11.3 Å². The molecule has 0 bridgehead atoms. The second-order valence-corrected chi connectivity index (χ2v) is 7.40. The van der Waals surface area contributed by atoms with Crippen LogP contribution in [0.15, 0.2) is 18.2 Å². The summed E-state index contributed by atoms with van der Waals surface area (Å²) in [6.07, 6.45) is 0. The van der Waals surface area contributed by atoms with Crippen molar-refractivity contribution in [3.05, 3.63) is 34.5 Å². The van der Waals surface area contributed by atoms with Gasteiger partial charge in [0.15, 0.2) is 0 Å². The van der Waals surface area contributed by atoms with Gasteiger partial charge >= 0.3 is 0 Å². The number of carbonyl (C=O) groups is 1. The summed E-state index contributed by atoms with van der Waals surface area (Å²) in [5.74, 6) is 0.839. The van der Waals surface area contributed by atoms with Crippen molar-refractivity contribution in [3.63, 3.8) is 0 Å². The number of carbonyl (C=O) groups excluding carboxylic acids is 1. The first-order valence-electron chi connectivity index (χ1n) is 7.88. The average Bonchev–Trinajstić information content (AvgIpc) is 3.20. The van der Waals surface area contributed by atoms with Gasteiger partial charge in [-0.2, -0.15) is 0 Å². The van der Waals surface area contributed by atoms with Crippen LogP contribution in [0, 0.1) is 17.7 Å². The van der Waals surface area contributed by atoms with E-state index in [9.17, 15) is 9.18 Å². The molecule has 2 aliphatic rings. The van der Waals surface area contributed by atoms with Gasteiger partial charge in [0.05, 0.1) is 11.5 Å². The molecule has 23 heavy (non-hydrogen) atoms. The molecule has 3 heterocycles. The first-order chi connectivity index (χ1) is 11.2. The normalized spacial score (nSPS) is 23.7. The molecular weight excluding hydrogens is 315 g/mol. The Bertz CT molecular complexity index is 748. The first kappa shape index (κ1) is 15.1. The number of rotatable bonds is 3. The zero-order valence-corrected chi connectivity index (χ0v) is 13.8. The van der Waals surface area contributed by atoms with Crippen LogP contribution in [0.4, 0.5) is 4.39 Å². The number of fused-ring (bicyclic) bond motifs is 2. The summed E-state index contributed by atoms with van der Waals surface area (Å²) in [6.45, 7) is 3.81. The van der Waals surface area contributed by atoms with Gasteiger partial charge in [0.2, 0.25) is 0 Å². The number of halogens is 1. The molecular formula is C17H19FN2O2S. The van der Waals surface area contributed by atoms with E-state index in [2.05, 4.69) is 5.32 Å². The molecule has 2 aliphatic heterocycles. The largest absolute Gasteiger partial charge is 0.380 e. The highest BCUT2D eigenvalue weighted by Gasteiger charge is 2.39. The van der Waals surface area contributed by atoms with Gasteiger partial charge in [-0.05, 0) is 24.0 Å². The van der Waals surface area contributed by atoms with Crippen molar-refractivity contribution < 1.29 is 13.9 Å². The second kappa shape index (κ2) is 5.85. The molecule has 4 nitrogen and oxygen atoms in total. The van der Waals surface area contributed by atoms with Crippen LogP contribution >= 0.6 is 11.3 Å². The molecule has 2 atom stereocenters. The van der Waals surface area contributed by atoms with Gasteiger partial charge in [-0.1, -0.05) is 6.07 Å². The van der Waals surface area contributed by atoms with E-state index < -0.39 is 0 Å². The maximum absolute atomic E-state index is 14.2. The number of hydrogen-bond acceptors (Lipinski definition) is 4. The highest BCUT2D eigenvalue weighted by molar-refractivity contribution is 7.21. The summed E-state index contributed by atoms with van der Waals surface area (Å²) < 4.78 is 20.3. The fourth-order valence-corrected chi connectivity index (χ4v) is 4.98. The van der Waals surface area contributed by atoms with E-state index >= 15 is 0 Å². The summed E-state index contributed by atoms with van der Waals surface area (Å²) in [6, 6.07) is 4.99. The number of nitrogens with zero attached hydrogens (tertiary/aromatic N) is 1. The SMILES string of the molecule is COCc1c(C(=O)N2C[C@H]3CNC[C@H]3C2)sc2cccc(F)c12. The third-order valence-corrected chi connectivity index (χ3v) is 6.11. The number of ether oxygens (including phenoxy) is 1. The molecule has 2 aromatic rings. The molecule has 1 aromatic carbocycles. The van der Waals surface area contributed by atoms with E-state index in [-0.39, 0.29) is 18.3 Å². The Kier molecular flexibility index (Phi) is 3.83. The van der Waals surface area contributed by atoms with Gasteiger partial charge in [-0.3, -0.25) is 4.79 Å². The molecule has 122 valence electrons. The van der Waals surface area contributed by atoms with Crippen molar-refractivity contribution in [2.75, 3.05) is 33.3 Å². The maximum atomic E-state index is 14.2.